The van der Waals surface area contributed by atoms with Gasteiger partial charge in [0.2, 0.25) is 20.0 Å². The number of sulfonamides is 2. The Morgan fingerprint density at radius 3 is 2.32 bits per heavy atom. The molecule has 6 rings (SSSR count). The number of nitrogens with zero attached hydrogens (tertiary/aromatic N) is 3. The highest BCUT2D eigenvalue weighted by Gasteiger charge is 2.40. The van der Waals surface area contributed by atoms with Crippen LogP contribution in [0.15, 0.2) is 88.6 Å². The van der Waals surface area contributed by atoms with E-state index in [2.05, 4.69) is 4.72 Å². The van der Waals surface area contributed by atoms with E-state index in [0.717, 1.165) is 23.2 Å². The van der Waals surface area contributed by atoms with Gasteiger partial charge in [0.25, 0.3) is 5.56 Å². The molecule has 1 aromatic heterocycles. The summed E-state index contributed by atoms with van der Waals surface area (Å²) in [5, 5.41) is 1.55. The number of nitrogens with one attached hydrogen (secondary N) is 1. The minimum absolute atomic E-state index is 0.00147. The largest absolute Gasteiger partial charge is 0.377 e. The molecule has 2 aliphatic rings. The second-order valence-corrected chi connectivity index (χ2v) is 14.7. The van der Waals surface area contributed by atoms with E-state index in [1.54, 1.807) is 51.3 Å². The molecule has 4 aromatic rings. The number of rotatable bonds is 7. The number of pyridine rings is 1. The Labute approximate surface area is 240 Å². The monoisotopic (exact) mass is 592 g/mol. The lowest BCUT2D eigenvalue weighted by Gasteiger charge is -2.42. The molecule has 11 heteroatoms. The predicted octanol–water partition coefficient (Wildman–Crippen LogP) is 3.82. The van der Waals surface area contributed by atoms with Crippen LogP contribution >= 0.6 is 0 Å². The predicted molar refractivity (Wildman–Crippen MR) is 161 cm³/mol. The van der Waals surface area contributed by atoms with Crippen LogP contribution in [0.3, 0.4) is 0 Å². The number of anilines is 2. The zero-order valence-electron chi connectivity index (χ0n) is 22.9. The van der Waals surface area contributed by atoms with E-state index in [9.17, 15) is 21.6 Å². The minimum atomic E-state index is -3.81. The second-order valence-electron chi connectivity index (χ2n) is 11.1. The number of aromatic nitrogens is 1. The lowest BCUT2D eigenvalue weighted by molar-refractivity contribution is 0.186. The van der Waals surface area contributed by atoms with Crippen molar-refractivity contribution in [3.8, 4) is 0 Å². The smallest absolute Gasteiger partial charge is 0.275 e. The van der Waals surface area contributed by atoms with Gasteiger partial charge in [-0.2, -0.15) is 4.31 Å². The standard InChI is InChI=1S/C30H32N4O5S2/c1-32(2)28-12-6-11-25-24(28)10-7-13-29(25)41(38,39)33-17-22-16-23(19-33)27-15-14-26(30(35)34(27)18-22)31-40(36,37)20-21-8-4-3-5-9-21/h3-15,22-23,31H,16-20H2,1-2H3/t22-,23+/m0/s1. The minimum Gasteiger partial charge on any atom is -0.377 e. The summed E-state index contributed by atoms with van der Waals surface area (Å²) in [4.78, 5) is 15.7. The van der Waals surface area contributed by atoms with Gasteiger partial charge in [0, 0.05) is 61.8 Å². The van der Waals surface area contributed by atoms with Crippen LogP contribution in [0, 0.1) is 5.92 Å². The average Bonchev–Trinajstić information content (AvgIpc) is 2.94. The Hall–Kier alpha value is -3.67. The van der Waals surface area contributed by atoms with Crippen molar-refractivity contribution < 1.29 is 16.8 Å². The van der Waals surface area contributed by atoms with E-state index >= 15 is 0 Å². The number of hydrogen-bond acceptors (Lipinski definition) is 6. The first-order valence-corrected chi connectivity index (χ1v) is 16.6. The van der Waals surface area contributed by atoms with Crippen LogP contribution in [0.1, 0.15) is 23.6 Å². The van der Waals surface area contributed by atoms with Crippen molar-refractivity contribution in [2.24, 2.45) is 5.92 Å². The van der Waals surface area contributed by atoms with Gasteiger partial charge in [-0.05, 0) is 42.2 Å². The van der Waals surface area contributed by atoms with Crippen molar-refractivity contribution in [1.29, 1.82) is 0 Å². The Balaban J connectivity index is 1.28. The van der Waals surface area contributed by atoms with Gasteiger partial charge in [0.05, 0.1) is 10.6 Å². The van der Waals surface area contributed by atoms with Crippen LogP contribution in [-0.2, 0) is 32.3 Å². The topological polar surface area (TPSA) is 109 Å². The van der Waals surface area contributed by atoms with Crippen molar-refractivity contribution >= 4 is 42.2 Å². The van der Waals surface area contributed by atoms with Gasteiger partial charge in [-0.1, -0.05) is 54.6 Å². The van der Waals surface area contributed by atoms with Crippen LogP contribution in [0.2, 0.25) is 0 Å². The summed E-state index contributed by atoms with van der Waals surface area (Å²) in [5.74, 6) is -0.485. The van der Waals surface area contributed by atoms with Crippen molar-refractivity contribution in [3.63, 3.8) is 0 Å². The van der Waals surface area contributed by atoms with Gasteiger partial charge in [-0.25, -0.2) is 16.8 Å². The highest BCUT2D eigenvalue weighted by atomic mass is 32.2. The fourth-order valence-electron chi connectivity index (χ4n) is 6.19. The molecule has 9 nitrogen and oxygen atoms in total. The summed E-state index contributed by atoms with van der Waals surface area (Å²) in [6.45, 7) is 0.866. The molecule has 1 N–H and O–H groups in total. The molecule has 0 aliphatic carbocycles. The van der Waals surface area contributed by atoms with Crippen LogP contribution in [0.5, 0.6) is 0 Å². The van der Waals surface area contributed by atoms with Gasteiger partial charge in [0.1, 0.15) is 5.69 Å². The molecule has 3 aromatic carbocycles. The summed E-state index contributed by atoms with van der Waals surface area (Å²) in [7, 11) is -3.74. The maximum atomic E-state index is 14.0. The van der Waals surface area contributed by atoms with Gasteiger partial charge in [-0.15, -0.1) is 0 Å². The lowest BCUT2D eigenvalue weighted by Crippen LogP contribution is -2.49. The molecule has 0 unspecified atom stereocenters. The molecule has 0 saturated carbocycles. The maximum absolute atomic E-state index is 14.0. The molecule has 2 bridgehead atoms. The Morgan fingerprint density at radius 2 is 1.56 bits per heavy atom. The van der Waals surface area contributed by atoms with E-state index in [4.69, 9.17) is 0 Å². The zero-order valence-corrected chi connectivity index (χ0v) is 24.5. The molecule has 1 fully saturated rings. The molecule has 41 heavy (non-hydrogen) atoms. The van der Waals surface area contributed by atoms with Crippen LogP contribution in [0.25, 0.3) is 10.8 Å². The van der Waals surface area contributed by atoms with Gasteiger partial charge < -0.3 is 9.47 Å². The molecule has 1 saturated heterocycles. The number of piperidine rings is 1. The number of benzene rings is 3. The summed E-state index contributed by atoms with van der Waals surface area (Å²) in [5.41, 5.74) is 1.89. The summed E-state index contributed by atoms with van der Waals surface area (Å²) in [6, 6.07) is 23.1. The molecule has 3 heterocycles. The molecule has 0 amide bonds. The van der Waals surface area contributed by atoms with Crippen molar-refractivity contribution in [2.75, 3.05) is 36.8 Å². The lowest BCUT2D eigenvalue weighted by atomic mass is 9.84. The number of fused-ring (bicyclic) bond motifs is 5. The van der Waals surface area contributed by atoms with Crippen LogP contribution in [0.4, 0.5) is 11.4 Å². The molecule has 0 radical (unpaired) electrons. The Bertz CT molecular complexity index is 1900. The third-order valence-electron chi connectivity index (χ3n) is 7.99. The molecule has 2 atom stereocenters. The van der Waals surface area contributed by atoms with E-state index < -0.39 is 25.6 Å². The van der Waals surface area contributed by atoms with Crippen molar-refractivity contribution in [3.05, 3.63) is 100 Å². The Morgan fingerprint density at radius 1 is 0.829 bits per heavy atom. The first kappa shape index (κ1) is 27.5. The first-order valence-electron chi connectivity index (χ1n) is 13.5. The van der Waals surface area contributed by atoms with Gasteiger partial charge in [-0.3, -0.25) is 9.52 Å². The van der Waals surface area contributed by atoms with E-state index in [-0.39, 0.29) is 34.7 Å². The van der Waals surface area contributed by atoms with Crippen LogP contribution < -0.4 is 15.2 Å². The van der Waals surface area contributed by atoms with E-state index in [1.807, 2.05) is 49.3 Å². The quantitative estimate of drug-likeness (QED) is 0.350. The molecule has 0 spiro atoms. The van der Waals surface area contributed by atoms with Crippen LogP contribution in [-0.4, -0.2) is 52.9 Å². The normalized spacial score (nSPS) is 19.1. The average molecular weight is 593 g/mol. The maximum Gasteiger partial charge on any atom is 0.275 e. The molecular formula is C30H32N4O5S2. The third kappa shape index (κ3) is 5.13. The fraction of sp³-hybridized carbons (Fsp3) is 0.300. The third-order valence-corrected chi connectivity index (χ3v) is 11.1. The van der Waals surface area contributed by atoms with E-state index in [1.165, 1.54) is 6.07 Å². The molecule has 2 aliphatic heterocycles. The number of hydrogen-bond donors (Lipinski definition) is 1. The van der Waals surface area contributed by atoms with E-state index in [0.29, 0.717) is 24.0 Å². The fourth-order valence-corrected chi connectivity index (χ4v) is 9.15. The van der Waals surface area contributed by atoms with Gasteiger partial charge in [0.15, 0.2) is 0 Å². The zero-order chi connectivity index (χ0) is 28.9. The van der Waals surface area contributed by atoms with Gasteiger partial charge >= 0.3 is 0 Å². The Kier molecular flexibility index (Phi) is 6.91. The summed E-state index contributed by atoms with van der Waals surface area (Å²) < 4.78 is 59.2. The highest BCUT2D eigenvalue weighted by molar-refractivity contribution is 7.92. The highest BCUT2D eigenvalue weighted by Crippen LogP contribution is 2.39. The van der Waals surface area contributed by atoms with Crippen molar-refractivity contribution in [1.82, 2.24) is 8.87 Å². The SMILES string of the molecule is CN(C)c1cccc2c(S(=O)(=O)N3C[C@@H]4C[C@H](C3)c3ccc(NS(=O)(=O)Cc5ccccc5)c(=O)n3C4)cccc12. The molecule has 214 valence electrons. The summed E-state index contributed by atoms with van der Waals surface area (Å²) in [6.07, 6.45) is 0.769. The van der Waals surface area contributed by atoms with Crippen molar-refractivity contribution in [2.45, 2.75) is 29.5 Å². The second kappa shape index (κ2) is 10.3. The first-order chi connectivity index (χ1) is 19.5. The summed E-state index contributed by atoms with van der Waals surface area (Å²) >= 11 is 0. The molecular weight excluding hydrogens is 560 g/mol.